The molecule has 0 saturated heterocycles. The van der Waals surface area contributed by atoms with E-state index in [9.17, 15) is 9.90 Å². The number of aromatic nitrogens is 1. The first-order valence-electron chi connectivity index (χ1n) is 6.34. The molecule has 1 unspecified atom stereocenters. The molecule has 1 aromatic carbocycles. The van der Waals surface area contributed by atoms with Gasteiger partial charge in [-0.15, -0.1) is 0 Å². The molecule has 1 aromatic heterocycles. The molecule has 0 saturated carbocycles. The van der Waals surface area contributed by atoms with E-state index in [4.69, 9.17) is 0 Å². The molecule has 2 aromatic rings. The van der Waals surface area contributed by atoms with Gasteiger partial charge in [0, 0.05) is 18.3 Å². The van der Waals surface area contributed by atoms with Gasteiger partial charge in [-0.2, -0.15) is 0 Å². The van der Waals surface area contributed by atoms with Gasteiger partial charge >= 0.3 is 5.97 Å². The van der Waals surface area contributed by atoms with Gasteiger partial charge < -0.3 is 5.11 Å². The monoisotopic (exact) mass is 255 g/mol. The highest BCUT2D eigenvalue weighted by atomic mass is 16.4. The lowest BCUT2D eigenvalue weighted by Crippen LogP contribution is -2.20. The fourth-order valence-electron chi connectivity index (χ4n) is 2.11. The molecule has 0 radical (unpaired) electrons. The first kappa shape index (κ1) is 13.3. The summed E-state index contributed by atoms with van der Waals surface area (Å²) in [5.41, 5.74) is 2.95. The molecule has 1 heterocycles. The zero-order valence-electron chi connectivity index (χ0n) is 10.9. The van der Waals surface area contributed by atoms with Crippen LogP contribution in [0.3, 0.4) is 0 Å². The fraction of sp³-hybridized carbons (Fsp3) is 0.250. The third kappa shape index (κ3) is 3.65. The number of carboxylic acid groups (broad SMARTS) is 1. The molecule has 1 atom stereocenters. The van der Waals surface area contributed by atoms with Crippen LogP contribution in [0.15, 0.2) is 48.7 Å². The van der Waals surface area contributed by atoms with Crippen LogP contribution in [0.4, 0.5) is 0 Å². The van der Waals surface area contributed by atoms with E-state index in [1.165, 1.54) is 0 Å². The van der Waals surface area contributed by atoms with Gasteiger partial charge in [0.1, 0.15) is 0 Å². The summed E-state index contributed by atoms with van der Waals surface area (Å²) in [5.74, 6) is -1.20. The summed E-state index contributed by atoms with van der Waals surface area (Å²) in [6, 6.07) is 13.5. The first-order chi connectivity index (χ1) is 9.16. The van der Waals surface area contributed by atoms with E-state index in [1.54, 1.807) is 6.20 Å². The third-order valence-electron chi connectivity index (χ3n) is 3.23. The highest BCUT2D eigenvalue weighted by Crippen LogP contribution is 2.16. The predicted molar refractivity (Wildman–Crippen MR) is 73.9 cm³/mol. The van der Waals surface area contributed by atoms with E-state index in [0.717, 1.165) is 16.8 Å². The molecule has 3 nitrogen and oxygen atoms in total. The Morgan fingerprint density at radius 1 is 1.16 bits per heavy atom. The normalized spacial score (nSPS) is 12.1. The molecule has 98 valence electrons. The number of rotatable bonds is 5. The topological polar surface area (TPSA) is 50.2 Å². The first-order valence-corrected chi connectivity index (χ1v) is 6.34. The van der Waals surface area contributed by atoms with E-state index in [2.05, 4.69) is 4.98 Å². The van der Waals surface area contributed by atoms with Crippen LogP contribution in [0, 0.1) is 12.8 Å². The van der Waals surface area contributed by atoms with Crippen molar-refractivity contribution in [2.24, 2.45) is 5.92 Å². The maximum Gasteiger partial charge on any atom is 0.307 e. The van der Waals surface area contributed by atoms with Crippen LogP contribution >= 0.6 is 0 Å². The van der Waals surface area contributed by atoms with E-state index in [-0.39, 0.29) is 0 Å². The number of nitrogens with zero attached hydrogens (tertiary/aromatic N) is 1. The van der Waals surface area contributed by atoms with Crippen molar-refractivity contribution in [1.82, 2.24) is 4.98 Å². The number of pyridine rings is 1. The van der Waals surface area contributed by atoms with Crippen LogP contribution in [0.1, 0.15) is 16.8 Å². The van der Waals surface area contributed by atoms with Crippen LogP contribution in [-0.4, -0.2) is 16.1 Å². The van der Waals surface area contributed by atoms with E-state index in [0.29, 0.717) is 12.8 Å². The highest BCUT2D eigenvalue weighted by Gasteiger charge is 2.19. The molecule has 1 N–H and O–H groups in total. The Labute approximate surface area is 112 Å². The lowest BCUT2D eigenvalue weighted by Gasteiger charge is -2.13. The molecule has 0 aliphatic carbocycles. The number of benzene rings is 1. The molecular formula is C16H17NO2. The summed E-state index contributed by atoms with van der Waals surface area (Å²) in [5, 5.41) is 9.36. The Hall–Kier alpha value is -2.16. The van der Waals surface area contributed by atoms with Gasteiger partial charge in [0.25, 0.3) is 0 Å². The minimum absolute atomic E-state index is 0.434. The minimum Gasteiger partial charge on any atom is -0.481 e. The standard InChI is InChI=1S/C16H17NO2/c1-12-6-5-9-17-15(12)11-14(16(18)19)10-13-7-3-2-4-8-13/h2-9,14H,10-11H2,1H3,(H,18,19). The highest BCUT2D eigenvalue weighted by molar-refractivity contribution is 5.70. The number of carbonyl (C=O) groups is 1. The second-order valence-electron chi connectivity index (χ2n) is 4.70. The Bertz CT molecular complexity index is 552. The molecule has 0 aliphatic heterocycles. The number of hydrogen-bond donors (Lipinski definition) is 1. The van der Waals surface area contributed by atoms with Crippen molar-refractivity contribution in [3.8, 4) is 0 Å². The Morgan fingerprint density at radius 3 is 2.53 bits per heavy atom. The van der Waals surface area contributed by atoms with Crippen molar-refractivity contribution in [1.29, 1.82) is 0 Å². The molecule has 0 bridgehead atoms. The molecule has 19 heavy (non-hydrogen) atoms. The summed E-state index contributed by atoms with van der Waals surface area (Å²) in [6.45, 7) is 1.96. The van der Waals surface area contributed by atoms with Crippen molar-refractivity contribution in [3.05, 3.63) is 65.5 Å². The van der Waals surface area contributed by atoms with Gasteiger partial charge in [-0.05, 0) is 30.5 Å². The van der Waals surface area contributed by atoms with Crippen molar-refractivity contribution in [2.75, 3.05) is 0 Å². The van der Waals surface area contributed by atoms with Gasteiger partial charge in [-0.25, -0.2) is 0 Å². The van der Waals surface area contributed by atoms with Gasteiger partial charge in [-0.1, -0.05) is 36.4 Å². The van der Waals surface area contributed by atoms with Crippen molar-refractivity contribution in [2.45, 2.75) is 19.8 Å². The number of hydrogen-bond acceptors (Lipinski definition) is 2. The third-order valence-corrected chi connectivity index (χ3v) is 3.23. The molecule has 0 fully saturated rings. The zero-order chi connectivity index (χ0) is 13.7. The Kier molecular flexibility index (Phi) is 4.29. The van der Waals surface area contributed by atoms with E-state index < -0.39 is 11.9 Å². The lowest BCUT2D eigenvalue weighted by molar-refractivity contribution is -0.141. The molecule has 0 spiro atoms. The predicted octanol–water partition coefficient (Wildman–Crippen LogP) is 2.88. The number of aliphatic carboxylic acids is 1. The average Bonchev–Trinajstić information content (AvgIpc) is 2.41. The zero-order valence-corrected chi connectivity index (χ0v) is 10.9. The maximum absolute atomic E-state index is 11.4. The lowest BCUT2D eigenvalue weighted by atomic mass is 9.93. The average molecular weight is 255 g/mol. The van der Waals surface area contributed by atoms with E-state index in [1.807, 2.05) is 49.4 Å². The summed E-state index contributed by atoms with van der Waals surface area (Å²) in [6.07, 6.45) is 2.72. The summed E-state index contributed by atoms with van der Waals surface area (Å²) >= 11 is 0. The number of carboxylic acids is 1. The van der Waals surface area contributed by atoms with Gasteiger partial charge in [0.15, 0.2) is 0 Å². The quantitative estimate of drug-likeness (QED) is 0.893. The van der Waals surface area contributed by atoms with Gasteiger partial charge in [0.05, 0.1) is 5.92 Å². The molecule has 0 aliphatic rings. The Morgan fingerprint density at radius 2 is 1.89 bits per heavy atom. The largest absolute Gasteiger partial charge is 0.481 e. The molecular weight excluding hydrogens is 238 g/mol. The molecule has 3 heteroatoms. The minimum atomic E-state index is -0.770. The van der Waals surface area contributed by atoms with Crippen molar-refractivity contribution < 1.29 is 9.90 Å². The van der Waals surface area contributed by atoms with Gasteiger partial charge in [0.2, 0.25) is 0 Å². The van der Waals surface area contributed by atoms with Crippen molar-refractivity contribution >= 4 is 5.97 Å². The van der Waals surface area contributed by atoms with Crippen molar-refractivity contribution in [3.63, 3.8) is 0 Å². The molecule has 2 rings (SSSR count). The second kappa shape index (κ2) is 6.14. The van der Waals surface area contributed by atoms with Crippen LogP contribution in [0.5, 0.6) is 0 Å². The SMILES string of the molecule is Cc1cccnc1CC(Cc1ccccc1)C(=O)O. The fourth-order valence-corrected chi connectivity index (χ4v) is 2.11. The number of aryl methyl sites for hydroxylation is 1. The second-order valence-corrected chi connectivity index (χ2v) is 4.70. The van der Waals surface area contributed by atoms with Crippen LogP contribution in [0.2, 0.25) is 0 Å². The summed E-state index contributed by atoms with van der Waals surface area (Å²) in [7, 11) is 0. The smallest absolute Gasteiger partial charge is 0.307 e. The molecule has 0 amide bonds. The van der Waals surface area contributed by atoms with Crippen LogP contribution in [-0.2, 0) is 17.6 Å². The van der Waals surface area contributed by atoms with E-state index >= 15 is 0 Å². The Balaban J connectivity index is 2.13. The summed E-state index contributed by atoms with van der Waals surface area (Å²) in [4.78, 5) is 15.7. The van der Waals surface area contributed by atoms with Gasteiger partial charge in [-0.3, -0.25) is 9.78 Å². The van der Waals surface area contributed by atoms with Crippen LogP contribution < -0.4 is 0 Å². The van der Waals surface area contributed by atoms with Crippen LogP contribution in [0.25, 0.3) is 0 Å². The maximum atomic E-state index is 11.4. The summed E-state index contributed by atoms with van der Waals surface area (Å²) < 4.78 is 0.